The minimum Gasteiger partial charge on any atom is -0.497 e. The Kier molecular flexibility index (Phi) is 4.03. The van der Waals surface area contributed by atoms with Crippen LogP contribution in [0.15, 0.2) is 41.6 Å². The first-order valence-corrected chi connectivity index (χ1v) is 7.62. The fourth-order valence-corrected chi connectivity index (χ4v) is 2.98. The Morgan fingerprint density at radius 3 is 2.90 bits per heavy atom. The first-order valence-electron chi connectivity index (χ1n) is 6.26. The van der Waals surface area contributed by atoms with E-state index < -0.39 is 0 Å². The molecule has 0 atom stereocenters. The van der Waals surface area contributed by atoms with E-state index in [2.05, 4.69) is 9.97 Å². The van der Waals surface area contributed by atoms with Gasteiger partial charge in [-0.15, -0.1) is 0 Å². The number of methoxy groups -OCH3 is 1. The normalized spacial score (nSPS) is 11.0. The molecule has 3 rings (SSSR count). The third-order valence-corrected chi connectivity index (χ3v) is 4.20. The lowest BCUT2D eigenvalue weighted by molar-refractivity contribution is 0.415. The zero-order chi connectivity index (χ0) is 14.8. The van der Waals surface area contributed by atoms with Gasteiger partial charge in [-0.2, -0.15) is 0 Å². The van der Waals surface area contributed by atoms with E-state index in [-0.39, 0.29) is 5.82 Å². The maximum absolute atomic E-state index is 13.7. The summed E-state index contributed by atoms with van der Waals surface area (Å²) >= 11 is 7.18. The summed E-state index contributed by atoms with van der Waals surface area (Å²) in [6.07, 6.45) is 0. The molecule has 0 aliphatic carbocycles. The van der Waals surface area contributed by atoms with E-state index in [1.807, 2.05) is 18.2 Å². The van der Waals surface area contributed by atoms with Crippen LogP contribution in [0.2, 0.25) is 5.02 Å². The Morgan fingerprint density at radius 2 is 2.14 bits per heavy atom. The summed E-state index contributed by atoms with van der Waals surface area (Å²) in [7, 11) is 1.62. The zero-order valence-corrected chi connectivity index (χ0v) is 12.8. The molecule has 0 aliphatic rings. The lowest BCUT2D eigenvalue weighted by Gasteiger charge is -2.01. The summed E-state index contributed by atoms with van der Waals surface area (Å²) < 4.78 is 18.9. The summed E-state index contributed by atoms with van der Waals surface area (Å²) in [5.74, 6) is 0.958. The number of imidazole rings is 1. The highest BCUT2D eigenvalue weighted by atomic mass is 35.5. The lowest BCUT2D eigenvalue weighted by atomic mass is 10.2. The molecule has 0 saturated carbocycles. The van der Waals surface area contributed by atoms with E-state index in [0.717, 1.165) is 21.9 Å². The minimum atomic E-state index is -0.298. The molecule has 0 amide bonds. The number of nitrogens with zero attached hydrogens (tertiary/aromatic N) is 1. The summed E-state index contributed by atoms with van der Waals surface area (Å²) in [5.41, 5.74) is 2.35. The van der Waals surface area contributed by atoms with Crippen molar-refractivity contribution in [3.63, 3.8) is 0 Å². The number of rotatable bonds is 4. The smallest absolute Gasteiger partial charge is 0.166 e. The van der Waals surface area contributed by atoms with Gasteiger partial charge in [-0.25, -0.2) is 9.37 Å². The second kappa shape index (κ2) is 5.95. The monoisotopic (exact) mass is 322 g/mol. The van der Waals surface area contributed by atoms with Gasteiger partial charge in [0.05, 0.1) is 18.1 Å². The van der Waals surface area contributed by atoms with Crippen LogP contribution in [0.25, 0.3) is 11.0 Å². The van der Waals surface area contributed by atoms with Gasteiger partial charge >= 0.3 is 0 Å². The van der Waals surface area contributed by atoms with Crippen molar-refractivity contribution in [1.82, 2.24) is 9.97 Å². The number of ether oxygens (including phenoxy) is 1. The van der Waals surface area contributed by atoms with Crippen LogP contribution in [0.4, 0.5) is 4.39 Å². The zero-order valence-electron chi connectivity index (χ0n) is 11.2. The SMILES string of the molecule is COc1ccc2nc(SCc3ccc(Cl)cc3F)[nH]c2c1. The molecule has 0 aliphatic heterocycles. The Balaban J connectivity index is 1.78. The number of nitrogens with one attached hydrogen (secondary N) is 1. The van der Waals surface area contributed by atoms with Crippen molar-refractivity contribution in [2.75, 3.05) is 7.11 Å². The number of fused-ring (bicyclic) bond motifs is 1. The average molecular weight is 323 g/mol. The molecule has 108 valence electrons. The van der Waals surface area contributed by atoms with Crippen LogP contribution < -0.4 is 4.74 Å². The number of aromatic amines is 1. The highest BCUT2D eigenvalue weighted by Crippen LogP contribution is 2.26. The van der Waals surface area contributed by atoms with Crippen molar-refractivity contribution in [2.24, 2.45) is 0 Å². The first kappa shape index (κ1) is 14.2. The number of aromatic nitrogens is 2. The summed E-state index contributed by atoms with van der Waals surface area (Å²) in [6.45, 7) is 0. The van der Waals surface area contributed by atoms with E-state index in [1.165, 1.54) is 17.8 Å². The van der Waals surface area contributed by atoms with Crippen LogP contribution in [0.5, 0.6) is 5.75 Å². The van der Waals surface area contributed by atoms with E-state index in [0.29, 0.717) is 16.3 Å². The van der Waals surface area contributed by atoms with Gasteiger partial charge in [0.2, 0.25) is 0 Å². The van der Waals surface area contributed by atoms with Gasteiger partial charge in [0.1, 0.15) is 11.6 Å². The molecule has 1 N–H and O–H groups in total. The topological polar surface area (TPSA) is 37.9 Å². The van der Waals surface area contributed by atoms with Gasteiger partial charge in [0.25, 0.3) is 0 Å². The molecule has 1 aromatic heterocycles. The van der Waals surface area contributed by atoms with Gasteiger partial charge < -0.3 is 9.72 Å². The highest BCUT2D eigenvalue weighted by Gasteiger charge is 2.08. The molecule has 0 spiro atoms. The summed E-state index contributed by atoms with van der Waals surface area (Å²) in [6, 6.07) is 10.3. The van der Waals surface area contributed by atoms with E-state index in [9.17, 15) is 4.39 Å². The van der Waals surface area contributed by atoms with Crippen molar-refractivity contribution in [2.45, 2.75) is 10.9 Å². The third kappa shape index (κ3) is 3.14. The van der Waals surface area contributed by atoms with Crippen molar-refractivity contribution in [3.8, 4) is 5.75 Å². The Hall–Kier alpha value is -1.72. The third-order valence-electron chi connectivity index (χ3n) is 3.05. The van der Waals surface area contributed by atoms with Crippen LogP contribution in [-0.2, 0) is 5.75 Å². The Morgan fingerprint density at radius 1 is 1.29 bits per heavy atom. The molecule has 0 radical (unpaired) electrons. The first-order chi connectivity index (χ1) is 10.2. The Bertz CT molecular complexity index is 790. The standard InChI is InChI=1S/C15H12ClFN2OS/c1-20-11-4-5-13-14(7-11)19-15(18-13)21-8-9-2-3-10(16)6-12(9)17/h2-7H,8H2,1H3,(H,18,19). The maximum atomic E-state index is 13.7. The quantitative estimate of drug-likeness (QED) is 0.710. The second-order valence-corrected chi connectivity index (χ2v) is 5.85. The maximum Gasteiger partial charge on any atom is 0.166 e. The molecule has 3 aromatic rings. The van der Waals surface area contributed by atoms with E-state index >= 15 is 0 Å². The molecular weight excluding hydrogens is 311 g/mol. The minimum absolute atomic E-state index is 0.298. The molecule has 0 unspecified atom stereocenters. The van der Waals surface area contributed by atoms with Crippen molar-refractivity contribution in [1.29, 1.82) is 0 Å². The van der Waals surface area contributed by atoms with Gasteiger partial charge in [0, 0.05) is 16.8 Å². The van der Waals surface area contributed by atoms with Gasteiger partial charge in [0.15, 0.2) is 5.16 Å². The van der Waals surface area contributed by atoms with Gasteiger partial charge in [-0.05, 0) is 29.8 Å². The molecule has 1 heterocycles. The number of hydrogen-bond acceptors (Lipinski definition) is 3. The molecule has 0 bridgehead atoms. The second-order valence-electron chi connectivity index (χ2n) is 4.45. The van der Waals surface area contributed by atoms with Crippen LogP contribution in [0.3, 0.4) is 0 Å². The van der Waals surface area contributed by atoms with Crippen molar-refractivity contribution in [3.05, 3.63) is 52.8 Å². The van der Waals surface area contributed by atoms with Crippen molar-refractivity contribution < 1.29 is 9.13 Å². The number of hydrogen-bond donors (Lipinski definition) is 1. The number of benzene rings is 2. The predicted octanol–water partition coefficient (Wildman–Crippen LogP) is 4.66. The number of H-pyrrole nitrogens is 1. The predicted molar refractivity (Wildman–Crippen MR) is 83.6 cm³/mol. The summed E-state index contributed by atoms with van der Waals surface area (Å²) in [5, 5.41) is 1.14. The van der Waals surface area contributed by atoms with Crippen LogP contribution in [0.1, 0.15) is 5.56 Å². The Labute approximate surface area is 130 Å². The van der Waals surface area contributed by atoms with E-state index in [4.69, 9.17) is 16.3 Å². The largest absolute Gasteiger partial charge is 0.497 e. The molecule has 3 nitrogen and oxygen atoms in total. The fourth-order valence-electron chi connectivity index (χ4n) is 1.95. The molecule has 0 fully saturated rings. The molecule has 21 heavy (non-hydrogen) atoms. The highest BCUT2D eigenvalue weighted by molar-refractivity contribution is 7.98. The van der Waals surface area contributed by atoms with Crippen LogP contribution >= 0.6 is 23.4 Å². The molecular formula is C15H12ClFN2OS. The molecule has 0 saturated heterocycles. The number of halogens is 2. The fraction of sp³-hybridized carbons (Fsp3) is 0.133. The van der Waals surface area contributed by atoms with Gasteiger partial charge in [-0.3, -0.25) is 0 Å². The lowest BCUT2D eigenvalue weighted by Crippen LogP contribution is -1.87. The summed E-state index contributed by atoms with van der Waals surface area (Å²) in [4.78, 5) is 7.65. The van der Waals surface area contributed by atoms with Crippen LogP contribution in [-0.4, -0.2) is 17.1 Å². The average Bonchev–Trinajstić information content (AvgIpc) is 2.88. The molecule has 6 heteroatoms. The van der Waals surface area contributed by atoms with Gasteiger partial charge in [-0.1, -0.05) is 29.4 Å². The number of thioether (sulfide) groups is 1. The van der Waals surface area contributed by atoms with E-state index in [1.54, 1.807) is 19.2 Å². The van der Waals surface area contributed by atoms with Crippen molar-refractivity contribution >= 4 is 34.4 Å². The van der Waals surface area contributed by atoms with Crippen LogP contribution in [0, 0.1) is 5.82 Å². The molecule has 2 aromatic carbocycles.